The molecule has 236 valence electrons. The molecule has 3 fully saturated rings. The molecular formula is C33H42N4O7. The summed E-state index contributed by atoms with van der Waals surface area (Å²) in [4.78, 5) is 59.7. The van der Waals surface area contributed by atoms with E-state index in [4.69, 9.17) is 14.2 Å². The molecule has 2 heterocycles. The molecular weight excluding hydrogens is 564 g/mol. The third-order valence-electron chi connectivity index (χ3n) is 8.91. The number of methoxy groups -OCH3 is 1. The maximum Gasteiger partial charge on any atom is 0.408 e. The Morgan fingerprint density at radius 1 is 1.11 bits per heavy atom. The van der Waals surface area contributed by atoms with Gasteiger partial charge in [-0.05, 0) is 55.0 Å². The minimum absolute atomic E-state index is 0.0733. The molecule has 2 N–H and O–H groups in total. The van der Waals surface area contributed by atoms with Gasteiger partial charge in [-0.25, -0.2) is 14.6 Å². The van der Waals surface area contributed by atoms with Gasteiger partial charge in [-0.2, -0.15) is 0 Å². The molecule has 2 aliphatic carbocycles. The van der Waals surface area contributed by atoms with Gasteiger partial charge >= 0.3 is 12.1 Å². The highest BCUT2D eigenvalue weighted by Gasteiger charge is 2.62. The zero-order chi connectivity index (χ0) is 31.6. The molecule has 1 aliphatic heterocycles. The normalized spacial score (nSPS) is 25.6. The number of benzene rings is 1. The number of hydrogen-bond donors (Lipinski definition) is 2. The van der Waals surface area contributed by atoms with Crippen LogP contribution in [0.5, 0.6) is 5.88 Å². The van der Waals surface area contributed by atoms with Crippen molar-refractivity contribution >= 4 is 34.6 Å². The summed E-state index contributed by atoms with van der Waals surface area (Å²) in [6, 6.07) is 7.58. The van der Waals surface area contributed by atoms with Crippen LogP contribution in [0.4, 0.5) is 4.79 Å². The molecule has 1 aromatic carbocycles. The zero-order valence-electron chi connectivity index (χ0n) is 25.8. The fourth-order valence-electron chi connectivity index (χ4n) is 6.33. The van der Waals surface area contributed by atoms with E-state index in [1.807, 2.05) is 51.1 Å². The Morgan fingerprint density at radius 3 is 2.50 bits per heavy atom. The number of likely N-dealkylation sites (tertiary alicyclic amines) is 1. The van der Waals surface area contributed by atoms with Crippen molar-refractivity contribution in [2.75, 3.05) is 13.7 Å². The van der Waals surface area contributed by atoms with E-state index >= 15 is 0 Å². The van der Waals surface area contributed by atoms with Gasteiger partial charge in [0.2, 0.25) is 17.7 Å². The van der Waals surface area contributed by atoms with Crippen LogP contribution < -0.4 is 15.4 Å². The number of ether oxygens (including phenoxy) is 3. The summed E-state index contributed by atoms with van der Waals surface area (Å²) in [5.74, 6) is -1.41. The predicted octanol–water partition coefficient (Wildman–Crippen LogP) is 3.90. The molecule has 1 aromatic heterocycles. The summed E-state index contributed by atoms with van der Waals surface area (Å²) in [6.07, 6.45) is 5.95. The maximum atomic E-state index is 14.3. The first-order chi connectivity index (χ1) is 21.0. The Labute approximate surface area is 257 Å². The van der Waals surface area contributed by atoms with Crippen molar-refractivity contribution < 1.29 is 33.4 Å². The highest BCUT2D eigenvalue weighted by Crippen LogP contribution is 2.45. The fourth-order valence-corrected chi connectivity index (χ4v) is 6.33. The Morgan fingerprint density at radius 2 is 1.84 bits per heavy atom. The lowest BCUT2D eigenvalue weighted by Crippen LogP contribution is -2.59. The monoisotopic (exact) mass is 606 g/mol. The number of nitrogens with one attached hydrogen (secondary N) is 2. The van der Waals surface area contributed by atoms with Gasteiger partial charge in [0.05, 0.1) is 13.7 Å². The van der Waals surface area contributed by atoms with Gasteiger partial charge in [-0.3, -0.25) is 9.59 Å². The number of aromatic nitrogens is 1. The van der Waals surface area contributed by atoms with Crippen molar-refractivity contribution in [3.8, 4) is 5.88 Å². The van der Waals surface area contributed by atoms with Gasteiger partial charge in [0.1, 0.15) is 29.8 Å². The van der Waals surface area contributed by atoms with Crippen molar-refractivity contribution in [2.45, 2.75) is 89.1 Å². The highest BCUT2D eigenvalue weighted by molar-refractivity contribution is 5.97. The number of esters is 1. The van der Waals surface area contributed by atoms with E-state index in [1.54, 1.807) is 12.3 Å². The second-order valence-corrected chi connectivity index (χ2v) is 13.1. The number of pyridine rings is 1. The number of carbonyl (C=O) groups is 4. The Hall–Kier alpha value is -4.15. The van der Waals surface area contributed by atoms with Gasteiger partial charge in [0.15, 0.2) is 0 Å². The van der Waals surface area contributed by atoms with Crippen molar-refractivity contribution in [3.63, 3.8) is 0 Å². The van der Waals surface area contributed by atoms with Crippen molar-refractivity contribution in [2.24, 2.45) is 11.3 Å². The van der Waals surface area contributed by atoms with E-state index in [-0.39, 0.29) is 25.0 Å². The smallest absolute Gasteiger partial charge is 0.408 e. The minimum atomic E-state index is -1.23. The summed E-state index contributed by atoms with van der Waals surface area (Å²) in [6.45, 7) is 9.38. The zero-order valence-corrected chi connectivity index (χ0v) is 25.8. The first-order valence-corrected chi connectivity index (χ1v) is 15.3. The van der Waals surface area contributed by atoms with Crippen LogP contribution in [-0.2, 0) is 23.9 Å². The molecule has 11 nitrogen and oxygen atoms in total. The quantitative estimate of drug-likeness (QED) is 0.324. The van der Waals surface area contributed by atoms with E-state index in [1.165, 1.54) is 12.0 Å². The van der Waals surface area contributed by atoms with E-state index in [0.29, 0.717) is 12.3 Å². The van der Waals surface area contributed by atoms with Crippen LogP contribution in [0.25, 0.3) is 10.8 Å². The lowest BCUT2D eigenvalue weighted by atomic mass is 9.85. The van der Waals surface area contributed by atoms with Crippen LogP contribution >= 0.6 is 0 Å². The number of hydrogen-bond acceptors (Lipinski definition) is 8. The molecule has 11 heteroatoms. The van der Waals surface area contributed by atoms with Gasteiger partial charge in [-0.15, -0.1) is 6.58 Å². The first-order valence-electron chi connectivity index (χ1n) is 15.3. The molecule has 44 heavy (non-hydrogen) atoms. The number of nitrogens with zero attached hydrogens (tertiary/aromatic N) is 2. The number of amides is 3. The standard InChI is InChI=1S/C33H42N4O7/c1-6-21-18-33(21,30(40)42-5)36-27(38)25-17-23(43-28-24-14-10-7-11-20(24)15-16-34-28)19-37(25)29(39)26(32(2,3)4)35-31(41)44-22-12-8-9-13-22/h6-7,10-11,14-16,21-23,25-26H,1,8-9,12-13,17-19H2,2-5H3,(H,35,41)(H,36,38)/t21-,23-,25+,26-,33-/m1/s1. The van der Waals surface area contributed by atoms with Crippen molar-refractivity contribution in [3.05, 3.63) is 49.2 Å². The summed E-state index contributed by atoms with van der Waals surface area (Å²) in [5.41, 5.74) is -1.94. The summed E-state index contributed by atoms with van der Waals surface area (Å²) < 4.78 is 16.9. The lowest BCUT2D eigenvalue weighted by Gasteiger charge is -2.35. The van der Waals surface area contributed by atoms with Crippen molar-refractivity contribution in [1.82, 2.24) is 20.5 Å². The van der Waals surface area contributed by atoms with Crippen molar-refractivity contribution in [1.29, 1.82) is 0 Å². The Balaban J connectivity index is 1.41. The van der Waals surface area contributed by atoms with Crippen LogP contribution in [0.3, 0.4) is 0 Å². The molecule has 3 amide bonds. The Bertz CT molecular complexity index is 1430. The molecule has 0 unspecified atom stereocenters. The van der Waals surface area contributed by atoms with E-state index in [2.05, 4.69) is 22.2 Å². The maximum absolute atomic E-state index is 14.3. The predicted molar refractivity (Wildman–Crippen MR) is 163 cm³/mol. The largest absolute Gasteiger partial charge is 0.472 e. The van der Waals surface area contributed by atoms with E-state index in [0.717, 1.165) is 36.5 Å². The third-order valence-corrected chi connectivity index (χ3v) is 8.91. The number of alkyl carbamates (subject to hydrolysis) is 1. The fraction of sp³-hybridized carbons (Fsp3) is 0.545. The number of carbonyl (C=O) groups excluding carboxylic acids is 4. The average Bonchev–Trinajstić information content (AvgIpc) is 3.28. The molecule has 1 saturated heterocycles. The molecule has 5 rings (SSSR count). The van der Waals surface area contributed by atoms with Crippen LogP contribution in [0.1, 0.15) is 59.3 Å². The molecule has 0 radical (unpaired) electrons. The summed E-state index contributed by atoms with van der Waals surface area (Å²) >= 11 is 0. The lowest BCUT2D eigenvalue weighted by molar-refractivity contribution is -0.148. The molecule has 3 aliphatic rings. The topological polar surface area (TPSA) is 136 Å². The van der Waals surface area contributed by atoms with Crippen LogP contribution in [0.2, 0.25) is 0 Å². The van der Waals surface area contributed by atoms with Gasteiger partial charge in [0.25, 0.3) is 0 Å². The van der Waals surface area contributed by atoms with E-state index in [9.17, 15) is 19.2 Å². The summed E-state index contributed by atoms with van der Waals surface area (Å²) in [5, 5.41) is 7.40. The average molecular weight is 607 g/mol. The molecule has 5 atom stereocenters. The SMILES string of the molecule is C=C[C@@H]1C[C@]1(NC(=O)[C@@H]1C[C@@H](Oc2nccc3ccccc23)CN1C(=O)[C@@H](NC(=O)OC1CCCC1)C(C)(C)C)C(=O)OC. The number of fused-ring (bicyclic) bond motifs is 1. The third kappa shape index (κ3) is 6.37. The van der Waals surface area contributed by atoms with Gasteiger partial charge in [0, 0.05) is 23.9 Å². The highest BCUT2D eigenvalue weighted by atomic mass is 16.6. The molecule has 2 aromatic rings. The second kappa shape index (κ2) is 12.5. The first kappa shape index (κ1) is 31.3. The summed E-state index contributed by atoms with van der Waals surface area (Å²) in [7, 11) is 1.27. The van der Waals surface area contributed by atoms with Gasteiger partial charge in [-0.1, -0.05) is 45.0 Å². The molecule has 2 saturated carbocycles. The van der Waals surface area contributed by atoms with E-state index < -0.39 is 53.0 Å². The number of rotatable bonds is 9. The van der Waals surface area contributed by atoms with Crippen LogP contribution in [-0.4, -0.2) is 77.2 Å². The Kier molecular flexibility index (Phi) is 8.85. The minimum Gasteiger partial charge on any atom is -0.472 e. The van der Waals surface area contributed by atoms with Gasteiger partial charge < -0.3 is 29.7 Å². The van der Waals surface area contributed by atoms with Crippen LogP contribution in [0.15, 0.2) is 49.2 Å². The molecule has 0 spiro atoms. The van der Waals surface area contributed by atoms with Crippen LogP contribution in [0, 0.1) is 11.3 Å². The molecule has 0 bridgehead atoms. The second-order valence-electron chi connectivity index (χ2n) is 13.1.